The van der Waals surface area contributed by atoms with Crippen LogP contribution in [0.1, 0.15) is 172 Å². The van der Waals surface area contributed by atoms with Gasteiger partial charge in [-0.05, 0) is 169 Å². The molecule has 0 unspecified atom stereocenters. The fraction of sp³-hybridized carbons (Fsp3) is 0.205. The highest BCUT2D eigenvalue weighted by Crippen LogP contribution is 2.36. The van der Waals surface area contributed by atoms with Gasteiger partial charge >= 0.3 is 0 Å². The molecule has 78 heavy (non-hydrogen) atoms. The minimum Gasteiger partial charge on any atom is -0.0616 e. The predicted molar refractivity (Wildman–Crippen MR) is 348 cm³/mol. The molecule has 0 aliphatic carbocycles. The Bertz CT molecular complexity index is 3260. The van der Waals surface area contributed by atoms with E-state index < -0.39 is 0 Å². The molecule has 0 aliphatic heterocycles. The van der Waals surface area contributed by atoms with E-state index in [0.717, 1.165) is 33.4 Å². The Labute approximate surface area is 467 Å². The second kappa shape index (κ2) is 22.9. The van der Waals surface area contributed by atoms with Gasteiger partial charge in [0.1, 0.15) is 0 Å². The van der Waals surface area contributed by atoms with Gasteiger partial charge in [-0.2, -0.15) is 0 Å². The zero-order chi connectivity index (χ0) is 55.2. The Morgan fingerprint density at radius 1 is 0.192 bits per heavy atom. The van der Waals surface area contributed by atoms with Crippen LogP contribution in [0.5, 0.6) is 0 Å². The summed E-state index contributed by atoms with van der Waals surface area (Å²) >= 11 is 0. The third-order valence-electron chi connectivity index (χ3n) is 14.9. The molecule has 0 heteroatoms. The molecule has 0 nitrogen and oxygen atoms in total. The SMILES string of the molecule is CC(C)(C)c1ccc(/C=C/c2cc(/C=C/c3ccc(C(C)(C)C)cc3)cc(/C=C/c3c4ccccc4c(/C=C/c4cc(/C=C/c5ccc(C(C)(C)C)cc5)cc(/C=C/c5ccc(C(C)(C)C)cc5)c4)c4ccccc34)c2)cc1. The van der Waals surface area contributed by atoms with Gasteiger partial charge in [0.25, 0.3) is 0 Å². The predicted octanol–water partition coefficient (Wildman–Crippen LogP) is 22.2. The first-order valence-electron chi connectivity index (χ1n) is 27.9. The van der Waals surface area contributed by atoms with Crippen molar-refractivity contribution in [3.8, 4) is 0 Å². The molecule has 9 aromatic carbocycles. The molecule has 9 rings (SSSR count). The summed E-state index contributed by atoms with van der Waals surface area (Å²) in [6.07, 6.45) is 27.1. The van der Waals surface area contributed by atoms with Crippen LogP contribution in [0.4, 0.5) is 0 Å². The summed E-state index contributed by atoms with van der Waals surface area (Å²) in [6.45, 7) is 27.2. The van der Waals surface area contributed by atoms with Crippen LogP contribution in [0.2, 0.25) is 0 Å². The Kier molecular flexibility index (Phi) is 16.0. The number of benzene rings is 9. The molecule has 0 saturated heterocycles. The molecule has 9 aromatic rings. The van der Waals surface area contributed by atoms with Crippen molar-refractivity contribution in [2.24, 2.45) is 0 Å². The Morgan fingerprint density at radius 2 is 0.359 bits per heavy atom. The first-order valence-corrected chi connectivity index (χ1v) is 27.9. The van der Waals surface area contributed by atoms with E-state index in [1.807, 2.05) is 0 Å². The topological polar surface area (TPSA) is 0 Å². The van der Waals surface area contributed by atoms with Gasteiger partial charge in [-0.15, -0.1) is 0 Å². The average Bonchev–Trinajstić information content (AvgIpc) is 3.59. The van der Waals surface area contributed by atoms with Gasteiger partial charge in [-0.1, -0.05) is 302 Å². The number of hydrogen-bond donors (Lipinski definition) is 0. The van der Waals surface area contributed by atoms with Crippen molar-refractivity contribution in [3.05, 3.63) is 271 Å². The first kappa shape index (κ1) is 54.7. The summed E-state index contributed by atoms with van der Waals surface area (Å²) in [7, 11) is 0. The van der Waals surface area contributed by atoms with Crippen LogP contribution in [-0.2, 0) is 21.7 Å². The Hall–Kier alpha value is -8.06. The van der Waals surface area contributed by atoms with Gasteiger partial charge < -0.3 is 0 Å². The molecule has 0 amide bonds. The van der Waals surface area contributed by atoms with E-state index in [1.54, 1.807) is 0 Å². The standard InChI is InChI=1S/C78H78/c1-75(2,3)65-39-29-55(30-40-65)21-25-59-49-60(26-22-56-31-41-66(42-32-56)76(4,5)6)52-63(51-59)37-47-73-69-17-13-15-19-71(69)74(72-20-16-14-18-70(72)73)48-38-64-53-61(27-23-57-33-43-67(44-34-57)77(7,8)9)50-62(54-64)28-24-58-35-45-68(46-36-58)78(10,11)12/h13-54H,1-12H3/b25-21+,26-22+,27-23+,28-24+,47-37+,48-38+. The van der Waals surface area contributed by atoms with Crippen LogP contribution in [0.3, 0.4) is 0 Å². The highest BCUT2D eigenvalue weighted by molar-refractivity contribution is 6.14. The van der Waals surface area contributed by atoms with Crippen LogP contribution in [0, 0.1) is 0 Å². The number of rotatable bonds is 12. The largest absolute Gasteiger partial charge is 0.0616 e. The van der Waals surface area contributed by atoms with Crippen LogP contribution in [0.25, 0.3) is 94.5 Å². The molecule has 0 atom stereocenters. The van der Waals surface area contributed by atoms with Crippen molar-refractivity contribution in [3.63, 3.8) is 0 Å². The van der Waals surface area contributed by atoms with E-state index in [9.17, 15) is 0 Å². The van der Waals surface area contributed by atoms with Gasteiger partial charge in [-0.25, -0.2) is 0 Å². The maximum Gasteiger partial charge on any atom is -0.00987 e. The fourth-order valence-electron chi connectivity index (χ4n) is 10.0. The third kappa shape index (κ3) is 13.9. The Balaban J connectivity index is 1.08. The van der Waals surface area contributed by atoms with Crippen molar-refractivity contribution < 1.29 is 0 Å². The van der Waals surface area contributed by atoms with Crippen molar-refractivity contribution in [1.82, 2.24) is 0 Å². The fourth-order valence-corrected chi connectivity index (χ4v) is 10.0. The zero-order valence-corrected chi connectivity index (χ0v) is 48.2. The van der Waals surface area contributed by atoms with E-state index in [2.05, 4.69) is 338 Å². The average molecular weight is 1020 g/mol. The van der Waals surface area contributed by atoms with Gasteiger partial charge in [0, 0.05) is 0 Å². The second-order valence-corrected chi connectivity index (χ2v) is 25.3. The molecule has 0 bridgehead atoms. The molecule has 0 radical (unpaired) electrons. The molecule has 0 heterocycles. The van der Waals surface area contributed by atoms with E-state index in [-0.39, 0.29) is 21.7 Å². The summed E-state index contributed by atoms with van der Waals surface area (Å²) in [6, 6.07) is 67.4. The normalized spacial score (nSPS) is 13.1. The van der Waals surface area contributed by atoms with Gasteiger partial charge in [0.2, 0.25) is 0 Å². The first-order chi connectivity index (χ1) is 37.1. The van der Waals surface area contributed by atoms with Crippen molar-refractivity contribution >= 4 is 94.5 Å². The highest BCUT2D eigenvalue weighted by Gasteiger charge is 2.16. The van der Waals surface area contributed by atoms with E-state index >= 15 is 0 Å². The lowest BCUT2D eigenvalue weighted by atomic mass is 9.86. The molecule has 0 saturated carbocycles. The quantitative estimate of drug-likeness (QED) is 0.0845. The molecule has 390 valence electrons. The summed E-state index contributed by atoms with van der Waals surface area (Å²) < 4.78 is 0. The summed E-state index contributed by atoms with van der Waals surface area (Å²) in [4.78, 5) is 0. The second-order valence-electron chi connectivity index (χ2n) is 25.3. The summed E-state index contributed by atoms with van der Waals surface area (Å²) in [5, 5.41) is 4.87. The molecular formula is C78H78. The van der Waals surface area contributed by atoms with Crippen molar-refractivity contribution in [2.45, 2.75) is 105 Å². The molecule has 0 spiro atoms. The van der Waals surface area contributed by atoms with Crippen LogP contribution in [-0.4, -0.2) is 0 Å². The number of fused-ring (bicyclic) bond motifs is 2. The third-order valence-corrected chi connectivity index (χ3v) is 14.9. The van der Waals surface area contributed by atoms with Gasteiger partial charge in [-0.3, -0.25) is 0 Å². The minimum absolute atomic E-state index is 0.110. The van der Waals surface area contributed by atoms with Crippen molar-refractivity contribution in [2.75, 3.05) is 0 Å². The maximum absolute atomic E-state index is 2.33. The van der Waals surface area contributed by atoms with E-state index in [1.165, 1.54) is 77.2 Å². The molecule has 0 N–H and O–H groups in total. The lowest BCUT2D eigenvalue weighted by Gasteiger charge is -2.18. The summed E-state index contributed by atoms with van der Waals surface area (Å²) in [5.74, 6) is 0. The number of hydrogen-bond acceptors (Lipinski definition) is 0. The zero-order valence-electron chi connectivity index (χ0n) is 48.2. The lowest BCUT2D eigenvalue weighted by Crippen LogP contribution is -2.10. The van der Waals surface area contributed by atoms with Crippen LogP contribution >= 0.6 is 0 Å². The summed E-state index contributed by atoms with van der Waals surface area (Å²) in [5.41, 5.74) is 19.8. The maximum atomic E-state index is 2.33. The van der Waals surface area contributed by atoms with E-state index in [0.29, 0.717) is 0 Å². The monoisotopic (exact) mass is 1010 g/mol. The molecule has 0 fully saturated rings. The van der Waals surface area contributed by atoms with Gasteiger partial charge in [0.15, 0.2) is 0 Å². The molecule has 0 aromatic heterocycles. The van der Waals surface area contributed by atoms with Crippen LogP contribution < -0.4 is 0 Å². The molecule has 0 aliphatic rings. The lowest BCUT2D eigenvalue weighted by molar-refractivity contribution is 0.590. The van der Waals surface area contributed by atoms with Gasteiger partial charge in [0.05, 0.1) is 0 Å². The van der Waals surface area contributed by atoms with E-state index in [4.69, 9.17) is 0 Å². The smallest absolute Gasteiger partial charge is 0.00987 e. The van der Waals surface area contributed by atoms with Crippen molar-refractivity contribution in [1.29, 1.82) is 0 Å². The van der Waals surface area contributed by atoms with Crippen LogP contribution in [0.15, 0.2) is 182 Å². The highest BCUT2D eigenvalue weighted by atomic mass is 14.2. The Morgan fingerprint density at radius 3 is 0.538 bits per heavy atom. The minimum atomic E-state index is 0.110. The molecular weight excluding hydrogens is 937 g/mol.